The van der Waals surface area contributed by atoms with E-state index in [1.807, 2.05) is 34.1 Å². The molecule has 3 heterocycles. The fraction of sp³-hybridized carbons (Fsp3) is 0.393. The Bertz CT molecular complexity index is 1450. The van der Waals surface area contributed by atoms with E-state index in [1.165, 1.54) is 12.1 Å². The van der Waals surface area contributed by atoms with Crippen molar-refractivity contribution in [1.82, 2.24) is 19.7 Å². The smallest absolute Gasteiger partial charge is 0.404 e. The number of piperazine rings is 1. The van der Waals surface area contributed by atoms with E-state index in [2.05, 4.69) is 15.0 Å². The van der Waals surface area contributed by atoms with Crippen LogP contribution in [0.4, 0.5) is 18.9 Å². The van der Waals surface area contributed by atoms with E-state index in [1.54, 1.807) is 0 Å². The van der Waals surface area contributed by atoms with Crippen LogP contribution in [0, 0.1) is 0 Å². The Morgan fingerprint density at radius 2 is 1.80 bits per heavy atom. The number of rotatable bonds is 7. The van der Waals surface area contributed by atoms with Crippen LogP contribution in [0.1, 0.15) is 21.6 Å². The van der Waals surface area contributed by atoms with Crippen molar-refractivity contribution in [3.63, 3.8) is 0 Å². The lowest BCUT2D eigenvalue weighted by atomic mass is 9.94. The summed E-state index contributed by atoms with van der Waals surface area (Å²) in [6, 6.07) is 10.9. The van der Waals surface area contributed by atoms with Crippen molar-refractivity contribution in [1.29, 1.82) is 0 Å². The van der Waals surface area contributed by atoms with Crippen LogP contribution >= 0.6 is 11.6 Å². The first-order valence-corrected chi connectivity index (χ1v) is 13.6. The molecule has 0 bridgehead atoms. The highest BCUT2D eigenvalue weighted by molar-refractivity contribution is 6.31. The maximum absolute atomic E-state index is 13.9. The summed E-state index contributed by atoms with van der Waals surface area (Å²) in [7, 11) is 0. The number of pyridine rings is 1. The van der Waals surface area contributed by atoms with Crippen LogP contribution in [-0.4, -0.2) is 95.4 Å². The number of ether oxygens (including phenoxy) is 1. The van der Waals surface area contributed by atoms with Crippen molar-refractivity contribution in [2.24, 2.45) is 0 Å². The Hall–Kier alpha value is -3.45. The number of alkyl halides is 3. The minimum absolute atomic E-state index is 0.0633. The molecule has 0 spiro atoms. The molecule has 3 aromatic rings. The van der Waals surface area contributed by atoms with Crippen molar-refractivity contribution in [2.75, 3.05) is 57.7 Å². The Labute approximate surface area is 239 Å². The number of carbonyl (C=O) groups is 2. The summed E-state index contributed by atoms with van der Waals surface area (Å²) in [5, 5.41) is 12.6. The SMILES string of the molecule is O=C(CN1CCc2nc3ccccc3c(C(=O)N3CCN(CCO)CC3)c2C1)Nc1cc(Cl)ccc1OC(F)(F)F. The monoisotopic (exact) mass is 591 g/mol. The number of β-amino-alcohol motifs (C(OH)–C–C–N with tert-alkyl or cyclic N) is 1. The van der Waals surface area contributed by atoms with Crippen LogP contribution in [0.15, 0.2) is 42.5 Å². The van der Waals surface area contributed by atoms with Crippen LogP contribution in [-0.2, 0) is 17.8 Å². The highest BCUT2D eigenvalue weighted by Crippen LogP contribution is 2.33. The first-order chi connectivity index (χ1) is 19.6. The van der Waals surface area contributed by atoms with Gasteiger partial charge >= 0.3 is 6.36 Å². The molecule has 0 atom stereocenters. The number of anilines is 1. The largest absolute Gasteiger partial charge is 0.573 e. The highest BCUT2D eigenvalue weighted by atomic mass is 35.5. The number of fused-ring (bicyclic) bond motifs is 2. The highest BCUT2D eigenvalue weighted by Gasteiger charge is 2.33. The van der Waals surface area contributed by atoms with E-state index in [0.29, 0.717) is 51.3 Å². The third-order valence-electron chi connectivity index (χ3n) is 7.22. The lowest BCUT2D eigenvalue weighted by molar-refractivity contribution is -0.274. The molecule has 2 aliphatic heterocycles. The summed E-state index contributed by atoms with van der Waals surface area (Å²) in [6.07, 6.45) is -4.44. The second-order valence-corrected chi connectivity index (χ2v) is 10.4. The summed E-state index contributed by atoms with van der Waals surface area (Å²) >= 11 is 5.95. The number of carbonyl (C=O) groups excluding carboxylic acids is 2. The van der Waals surface area contributed by atoms with Crippen molar-refractivity contribution in [2.45, 2.75) is 19.3 Å². The molecule has 1 fully saturated rings. The molecular formula is C28H29ClF3N5O4. The zero-order valence-electron chi connectivity index (χ0n) is 22.1. The van der Waals surface area contributed by atoms with Gasteiger partial charge in [-0.1, -0.05) is 29.8 Å². The minimum atomic E-state index is -4.94. The summed E-state index contributed by atoms with van der Waals surface area (Å²) < 4.78 is 42.6. The zero-order chi connectivity index (χ0) is 29.1. The number of hydrogen-bond acceptors (Lipinski definition) is 7. The van der Waals surface area contributed by atoms with Crippen LogP contribution in [0.25, 0.3) is 10.9 Å². The number of aromatic nitrogens is 1. The lowest BCUT2D eigenvalue weighted by Crippen LogP contribution is -2.49. The number of aliphatic hydroxyl groups is 1. The molecule has 1 aromatic heterocycles. The topological polar surface area (TPSA) is 98.2 Å². The number of aliphatic hydroxyl groups excluding tert-OH is 1. The fourth-order valence-electron chi connectivity index (χ4n) is 5.31. The van der Waals surface area contributed by atoms with Crippen LogP contribution in [0.2, 0.25) is 5.02 Å². The molecule has 5 rings (SSSR count). The van der Waals surface area contributed by atoms with E-state index < -0.39 is 18.0 Å². The third-order valence-corrected chi connectivity index (χ3v) is 7.46. The molecule has 2 aliphatic rings. The predicted octanol–water partition coefficient (Wildman–Crippen LogP) is 3.53. The first kappa shape index (κ1) is 29.1. The fourth-order valence-corrected chi connectivity index (χ4v) is 5.48. The first-order valence-electron chi connectivity index (χ1n) is 13.2. The summed E-state index contributed by atoms with van der Waals surface area (Å²) in [6.45, 7) is 3.61. The maximum atomic E-state index is 13.9. The average Bonchev–Trinajstić information content (AvgIpc) is 2.93. The number of para-hydroxylation sites is 1. The lowest BCUT2D eigenvalue weighted by Gasteiger charge is -2.36. The molecule has 0 unspecified atom stereocenters. The molecule has 9 nitrogen and oxygen atoms in total. The van der Waals surface area contributed by atoms with Gasteiger partial charge in [0.2, 0.25) is 5.91 Å². The number of hydrogen-bond donors (Lipinski definition) is 2. The number of amides is 2. The molecule has 41 heavy (non-hydrogen) atoms. The molecule has 0 aliphatic carbocycles. The standard InChI is InChI=1S/C28H29ClF3N5O4/c29-18-5-6-24(41-28(30,31)32)23(15-18)34-25(39)17-36-8-7-22-20(16-36)26(19-3-1-2-4-21(19)33-22)27(40)37-11-9-35(10-12-37)13-14-38/h1-6,15,38H,7-14,16-17H2,(H,34,39). The van der Waals surface area contributed by atoms with Crippen LogP contribution in [0.3, 0.4) is 0 Å². The molecular weight excluding hydrogens is 563 g/mol. The molecule has 218 valence electrons. The van der Waals surface area contributed by atoms with Crippen molar-refractivity contribution in [3.8, 4) is 5.75 Å². The predicted molar refractivity (Wildman–Crippen MR) is 147 cm³/mol. The van der Waals surface area contributed by atoms with Crippen LogP contribution in [0.5, 0.6) is 5.75 Å². The minimum Gasteiger partial charge on any atom is -0.404 e. The average molecular weight is 592 g/mol. The van der Waals surface area contributed by atoms with E-state index in [9.17, 15) is 27.9 Å². The Morgan fingerprint density at radius 1 is 1.05 bits per heavy atom. The third kappa shape index (κ3) is 6.89. The summed E-state index contributed by atoms with van der Waals surface area (Å²) in [4.78, 5) is 37.4. The number of nitrogens with one attached hydrogen (secondary N) is 1. The summed E-state index contributed by atoms with van der Waals surface area (Å²) in [5.74, 6) is -1.23. The van der Waals surface area contributed by atoms with Crippen LogP contribution < -0.4 is 10.1 Å². The van der Waals surface area contributed by atoms with Crippen molar-refractivity contribution >= 4 is 40.0 Å². The van der Waals surface area contributed by atoms with Gasteiger partial charge in [-0.05, 0) is 24.3 Å². The molecule has 2 aromatic carbocycles. The molecule has 2 N–H and O–H groups in total. The normalized spacial score (nSPS) is 16.5. The molecule has 2 amide bonds. The van der Waals surface area contributed by atoms with E-state index in [0.717, 1.165) is 28.2 Å². The van der Waals surface area contributed by atoms with Crippen molar-refractivity contribution < 1.29 is 32.6 Å². The molecule has 0 radical (unpaired) electrons. The second kappa shape index (κ2) is 12.2. The zero-order valence-corrected chi connectivity index (χ0v) is 22.8. The van der Waals surface area contributed by atoms with Gasteiger partial charge < -0.3 is 20.1 Å². The quantitative estimate of drug-likeness (QED) is 0.434. The van der Waals surface area contributed by atoms with E-state index in [-0.39, 0.29) is 36.3 Å². The van der Waals surface area contributed by atoms with Gasteiger partial charge in [-0.15, -0.1) is 13.2 Å². The Balaban J connectivity index is 1.36. The maximum Gasteiger partial charge on any atom is 0.573 e. The van der Waals surface area contributed by atoms with Gasteiger partial charge in [-0.25, -0.2) is 0 Å². The number of benzene rings is 2. The van der Waals surface area contributed by atoms with E-state index in [4.69, 9.17) is 16.6 Å². The number of nitrogens with zero attached hydrogens (tertiary/aromatic N) is 4. The summed E-state index contributed by atoms with van der Waals surface area (Å²) in [5.41, 5.74) is 2.62. The van der Waals surface area contributed by atoms with Gasteiger partial charge in [0.05, 0.1) is 29.9 Å². The van der Waals surface area contributed by atoms with Gasteiger partial charge in [0, 0.05) is 73.9 Å². The molecule has 13 heteroatoms. The second-order valence-electron chi connectivity index (χ2n) is 9.98. The van der Waals surface area contributed by atoms with Gasteiger partial charge in [-0.2, -0.15) is 0 Å². The molecule has 1 saturated heterocycles. The van der Waals surface area contributed by atoms with Gasteiger partial charge in [0.25, 0.3) is 5.91 Å². The molecule has 0 saturated carbocycles. The Kier molecular flexibility index (Phi) is 8.64. The van der Waals surface area contributed by atoms with Gasteiger partial charge in [0.1, 0.15) is 0 Å². The van der Waals surface area contributed by atoms with E-state index >= 15 is 0 Å². The number of halogens is 4. The van der Waals surface area contributed by atoms with Gasteiger partial charge in [0.15, 0.2) is 5.75 Å². The Morgan fingerprint density at radius 3 is 2.54 bits per heavy atom. The van der Waals surface area contributed by atoms with Gasteiger partial charge in [-0.3, -0.25) is 24.4 Å². The van der Waals surface area contributed by atoms with Crippen molar-refractivity contribution in [3.05, 3.63) is 64.3 Å².